The van der Waals surface area contributed by atoms with E-state index >= 15 is 0 Å². The highest BCUT2D eigenvalue weighted by atomic mass is 32.1. The number of aromatic nitrogens is 1. The third-order valence-electron chi connectivity index (χ3n) is 3.14. The molecule has 0 aliphatic rings. The van der Waals surface area contributed by atoms with Gasteiger partial charge in [0.15, 0.2) is 0 Å². The second-order valence-corrected chi connectivity index (χ2v) is 5.80. The Morgan fingerprint density at radius 3 is 2.76 bits per heavy atom. The van der Waals surface area contributed by atoms with Crippen LogP contribution >= 0.6 is 11.3 Å². The van der Waals surface area contributed by atoms with Gasteiger partial charge >= 0.3 is 5.97 Å². The lowest BCUT2D eigenvalue weighted by molar-refractivity contribution is -0.137. The summed E-state index contributed by atoms with van der Waals surface area (Å²) < 4.78 is 1.90. The molecule has 2 N–H and O–H groups in total. The summed E-state index contributed by atoms with van der Waals surface area (Å²) in [6.45, 7) is 1.89. The van der Waals surface area contributed by atoms with Gasteiger partial charge in [0.2, 0.25) is 0 Å². The molecule has 1 atom stereocenters. The Hall–Kier alpha value is -2.08. The number of carbonyl (C=O) groups is 2. The number of hydrogen-bond donors (Lipinski definition) is 2. The van der Waals surface area contributed by atoms with E-state index in [4.69, 9.17) is 5.11 Å². The van der Waals surface area contributed by atoms with Gasteiger partial charge in [0.25, 0.3) is 5.91 Å². The van der Waals surface area contributed by atoms with E-state index < -0.39 is 5.97 Å². The summed E-state index contributed by atoms with van der Waals surface area (Å²) in [7, 11) is 0. The summed E-state index contributed by atoms with van der Waals surface area (Å²) >= 11 is 1.40. The SMILES string of the molecule is CC(CCCC(=O)O)NC(=O)c1sccc1-n1cccc1. The molecule has 0 radical (unpaired) electrons. The zero-order valence-electron chi connectivity index (χ0n) is 11.8. The van der Waals surface area contributed by atoms with E-state index in [0.29, 0.717) is 17.7 Å². The summed E-state index contributed by atoms with van der Waals surface area (Å²) in [5.74, 6) is -0.918. The van der Waals surface area contributed by atoms with Crippen LogP contribution in [0.25, 0.3) is 5.69 Å². The maximum Gasteiger partial charge on any atom is 0.303 e. The van der Waals surface area contributed by atoms with Crippen molar-refractivity contribution in [3.05, 3.63) is 40.8 Å². The molecule has 0 aliphatic heterocycles. The van der Waals surface area contributed by atoms with Crippen molar-refractivity contribution in [3.63, 3.8) is 0 Å². The van der Waals surface area contributed by atoms with Crippen molar-refractivity contribution < 1.29 is 14.7 Å². The molecule has 5 nitrogen and oxygen atoms in total. The summed E-state index contributed by atoms with van der Waals surface area (Å²) in [5, 5.41) is 13.4. The molecule has 0 aromatic carbocycles. The predicted molar refractivity (Wildman–Crippen MR) is 82.1 cm³/mol. The quantitative estimate of drug-likeness (QED) is 0.826. The van der Waals surface area contributed by atoms with Gasteiger partial charge in [-0.1, -0.05) is 0 Å². The molecule has 0 saturated heterocycles. The predicted octanol–water partition coefficient (Wildman–Crippen LogP) is 2.91. The zero-order valence-corrected chi connectivity index (χ0v) is 12.6. The maximum absolute atomic E-state index is 12.3. The van der Waals surface area contributed by atoms with Gasteiger partial charge in [0, 0.05) is 24.9 Å². The molecule has 0 fully saturated rings. The van der Waals surface area contributed by atoms with Gasteiger partial charge < -0.3 is 15.0 Å². The molecule has 21 heavy (non-hydrogen) atoms. The van der Waals surface area contributed by atoms with Crippen LogP contribution in [0.2, 0.25) is 0 Å². The van der Waals surface area contributed by atoms with Crippen molar-refractivity contribution in [1.29, 1.82) is 0 Å². The van der Waals surface area contributed by atoms with E-state index in [9.17, 15) is 9.59 Å². The number of aliphatic carboxylic acids is 1. The van der Waals surface area contributed by atoms with Crippen molar-refractivity contribution in [2.45, 2.75) is 32.2 Å². The van der Waals surface area contributed by atoms with Gasteiger partial charge in [-0.3, -0.25) is 9.59 Å². The van der Waals surface area contributed by atoms with Crippen LogP contribution in [0.4, 0.5) is 0 Å². The first-order valence-electron chi connectivity index (χ1n) is 6.81. The zero-order chi connectivity index (χ0) is 15.2. The molecule has 2 rings (SSSR count). The lowest BCUT2D eigenvalue weighted by Gasteiger charge is -2.13. The number of carboxylic acids is 1. The summed E-state index contributed by atoms with van der Waals surface area (Å²) in [5.41, 5.74) is 0.861. The molecule has 6 heteroatoms. The van der Waals surface area contributed by atoms with E-state index in [0.717, 1.165) is 5.69 Å². The summed E-state index contributed by atoms with van der Waals surface area (Å²) in [6.07, 6.45) is 5.14. The molecular weight excluding hydrogens is 288 g/mol. The van der Waals surface area contributed by atoms with Crippen LogP contribution in [-0.4, -0.2) is 27.6 Å². The number of nitrogens with one attached hydrogen (secondary N) is 1. The number of carboxylic acid groups (broad SMARTS) is 1. The second-order valence-electron chi connectivity index (χ2n) is 4.89. The average Bonchev–Trinajstić information content (AvgIpc) is 3.09. The number of amides is 1. The van der Waals surface area contributed by atoms with Crippen molar-refractivity contribution in [2.24, 2.45) is 0 Å². The number of rotatable bonds is 7. The minimum atomic E-state index is -0.804. The first-order chi connectivity index (χ1) is 10.1. The number of carbonyl (C=O) groups excluding carboxylic acids is 1. The molecule has 2 aromatic rings. The number of hydrogen-bond acceptors (Lipinski definition) is 3. The highest BCUT2D eigenvalue weighted by Crippen LogP contribution is 2.21. The molecule has 0 aliphatic carbocycles. The van der Waals surface area contributed by atoms with Crippen molar-refractivity contribution in [2.75, 3.05) is 0 Å². The Kier molecular flexibility index (Phi) is 5.16. The number of nitrogens with zero attached hydrogens (tertiary/aromatic N) is 1. The van der Waals surface area contributed by atoms with Crippen molar-refractivity contribution in [3.8, 4) is 5.69 Å². The fourth-order valence-electron chi connectivity index (χ4n) is 2.09. The van der Waals surface area contributed by atoms with Crippen molar-refractivity contribution >= 4 is 23.2 Å². The standard InChI is InChI=1S/C15H18N2O3S/c1-11(5-4-6-13(18)19)16-15(20)14-12(7-10-21-14)17-8-2-3-9-17/h2-3,7-11H,4-6H2,1H3,(H,16,20)(H,18,19). The normalized spacial score (nSPS) is 12.0. The highest BCUT2D eigenvalue weighted by molar-refractivity contribution is 7.12. The van der Waals surface area contributed by atoms with Crippen LogP contribution in [0.15, 0.2) is 36.0 Å². The van der Waals surface area contributed by atoms with Crippen LogP contribution in [-0.2, 0) is 4.79 Å². The summed E-state index contributed by atoms with van der Waals surface area (Å²) in [6, 6.07) is 5.69. The molecule has 0 bridgehead atoms. The Bertz CT molecular complexity index is 604. The Balaban J connectivity index is 1.95. The molecule has 2 aromatic heterocycles. The van der Waals surface area contributed by atoms with Crippen LogP contribution in [0, 0.1) is 0 Å². The Labute approximate surface area is 127 Å². The molecular formula is C15H18N2O3S. The monoisotopic (exact) mass is 306 g/mol. The van der Waals surface area contributed by atoms with Gasteiger partial charge in [-0.05, 0) is 43.3 Å². The summed E-state index contributed by atoms with van der Waals surface area (Å²) in [4.78, 5) is 23.4. The van der Waals surface area contributed by atoms with Crippen LogP contribution in [0.3, 0.4) is 0 Å². The van der Waals surface area contributed by atoms with E-state index in [1.165, 1.54) is 11.3 Å². The molecule has 0 saturated carbocycles. The molecule has 0 spiro atoms. The largest absolute Gasteiger partial charge is 0.481 e. The van der Waals surface area contributed by atoms with Crippen LogP contribution in [0.1, 0.15) is 35.9 Å². The fourth-order valence-corrected chi connectivity index (χ4v) is 2.89. The Morgan fingerprint density at radius 1 is 1.38 bits per heavy atom. The van der Waals surface area contributed by atoms with Gasteiger partial charge in [-0.15, -0.1) is 11.3 Å². The minimum Gasteiger partial charge on any atom is -0.481 e. The third kappa shape index (κ3) is 4.19. The first-order valence-corrected chi connectivity index (χ1v) is 7.69. The minimum absolute atomic E-state index is 0.0449. The molecule has 1 unspecified atom stereocenters. The van der Waals surface area contributed by atoms with E-state index in [-0.39, 0.29) is 18.4 Å². The lowest BCUT2D eigenvalue weighted by Crippen LogP contribution is -2.32. The second kappa shape index (κ2) is 7.08. The fraction of sp³-hybridized carbons (Fsp3) is 0.333. The lowest BCUT2D eigenvalue weighted by atomic mass is 10.1. The molecule has 2 heterocycles. The van der Waals surface area contributed by atoms with E-state index in [2.05, 4.69) is 5.32 Å². The number of thiophene rings is 1. The Morgan fingerprint density at radius 2 is 2.10 bits per heavy atom. The van der Waals surface area contributed by atoms with E-state index in [1.54, 1.807) is 0 Å². The third-order valence-corrected chi connectivity index (χ3v) is 4.04. The van der Waals surface area contributed by atoms with Gasteiger partial charge in [-0.2, -0.15) is 0 Å². The highest BCUT2D eigenvalue weighted by Gasteiger charge is 2.16. The maximum atomic E-state index is 12.3. The van der Waals surface area contributed by atoms with Crippen LogP contribution < -0.4 is 5.32 Å². The van der Waals surface area contributed by atoms with Gasteiger partial charge in [-0.25, -0.2) is 0 Å². The molecule has 1 amide bonds. The topological polar surface area (TPSA) is 71.3 Å². The average molecular weight is 306 g/mol. The van der Waals surface area contributed by atoms with Gasteiger partial charge in [0.1, 0.15) is 4.88 Å². The smallest absolute Gasteiger partial charge is 0.303 e. The molecule has 112 valence electrons. The van der Waals surface area contributed by atoms with E-state index in [1.807, 2.05) is 47.5 Å². The van der Waals surface area contributed by atoms with Crippen LogP contribution in [0.5, 0.6) is 0 Å². The first kappa shape index (κ1) is 15.3. The van der Waals surface area contributed by atoms with Crippen molar-refractivity contribution in [1.82, 2.24) is 9.88 Å². The van der Waals surface area contributed by atoms with Gasteiger partial charge in [0.05, 0.1) is 5.69 Å².